The molecule has 1 aliphatic heterocycles. The summed E-state index contributed by atoms with van der Waals surface area (Å²) in [5.74, 6) is -1.90. The molecule has 0 amide bonds. The molecular formula is C36H44O9Si. The fourth-order valence-corrected chi connectivity index (χ4v) is 6.31. The van der Waals surface area contributed by atoms with E-state index in [4.69, 9.17) is 28.4 Å². The molecule has 1 heterocycles. The SMILES string of the molecule is CC(=O)O[C@H]1[C@@H](OC(C)=O)[C@@H](COC(c2ccccc2)(c2ccccc2)c2ccccc2)O[C@@H](OCC[Si](C)(C)C)[C@@H]1OC(C)=O. The zero-order chi connectivity index (χ0) is 33.3. The highest BCUT2D eigenvalue weighted by Crippen LogP contribution is 2.41. The van der Waals surface area contributed by atoms with E-state index in [2.05, 4.69) is 19.6 Å². The van der Waals surface area contributed by atoms with Crippen molar-refractivity contribution in [1.29, 1.82) is 0 Å². The maximum atomic E-state index is 12.5. The van der Waals surface area contributed by atoms with E-state index in [9.17, 15) is 14.4 Å². The van der Waals surface area contributed by atoms with E-state index >= 15 is 0 Å². The molecule has 0 saturated carbocycles. The van der Waals surface area contributed by atoms with Crippen molar-refractivity contribution < 1.29 is 42.8 Å². The van der Waals surface area contributed by atoms with Gasteiger partial charge in [-0.15, -0.1) is 0 Å². The van der Waals surface area contributed by atoms with Gasteiger partial charge in [-0.3, -0.25) is 14.4 Å². The number of hydrogen-bond donors (Lipinski definition) is 0. The highest BCUT2D eigenvalue weighted by atomic mass is 28.3. The van der Waals surface area contributed by atoms with Crippen molar-refractivity contribution in [2.75, 3.05) is 13.2 Å². The maximum absolute atomic E-state index is 12.5. The molecule has 9 nitrogen and oxygen atoms in total. The van der Waals surface area contributed by atoms with E-state index in [1.54, 1.807) is 0 Å². The topological polar surface area (TPSA) is 107 Å². The highest BCUT2D eigenvalue weighted by Gasteiger charge is 2.53. The fraction of sp³-hybridized carbons (Fsp3) is 0.417. The quantitative estimate of drug-likeness (QED) is 0.0974. The van der Waals surface area contributed by atoms with Crippen LogP contribution in [0.15, 0.2) is 91.0 Å². The third-order valence-corrected chi connectivity index (χ3v) is 9.34. The minimum atomic E-state index is -1.51. The molecule has 246 valence electrons. The van der Waals surface area contributed by atoms with Gasteiger partial charge in [-0.1, -0.05) is 111 Å². The Bertz CT molecular complexity index is 1330. The van der Waals surface area contributed by atoms with Crippen LogP contribution in [0, 0.1) is 0 Å². The molecule has 1 fully saturated rings. The second-order valence-electron chi connectivity index (χ2n) is 12.5. The first-order valence-corrected chi connectivity index (χ1v) is 19.2. The summed E-state index contributed by atoms with van der Waals surface area (Å²) in [5, 5.41) is 0. The van der Waals surface area contributed by atoms with Gasteiger partial charge in [0.05, 0.1) is 6.61 Å². The molecule has 0 aromatic heterocycles. The number of rotatable bonds is 13. The van der Waals surface area contributed by atoms with Crippen LogP contribution in [0.25, 0.3) is 0 Å². The number of ether oxygens (including phenoxy) is 6. The smallest absolute Gasteiger partial charge is 0.303 e. The molecule has 10 heteroatoms. The van der Waals surface area contributed by atoms with Gasteiger partial charge in [0.2, 0.25) is 0 Å². The number of carbonyl (C=O) groups excluding carboxylic acids is 3. The van der Waals surface area contributed by atoms with E-state index in [1.165, 1.54) is 20.8 Å². The van der Waals surface area contributed by atoms with Crippen molar-refractivity contribution >= 4 is 26.0 Å². The van der Waals surface area contributed by atoms with Crippen LogP contribution in [-0.2, 0) is 48.4 Å². The van der Waals surface area contributed by atoms with Gasteiger partial charge in [0.1, 0.15) is 11.7 Å². The predicted molar refractivity (Wildman–Crippen MR) is 175 cm³/mol. The molecule has 4 rings (SSSR count). The van der Waals surface area contributed by atoms with Crippen LogP contribution >= 0.6 is 0 Å². The molecule has 0 N–H and O–H groups in total. The summed E-state index contributed by atoms with van der Waals surface area (Å²) in [6.45, 7) is 10.6. The fourth-order valence-electron chi connectivity index (χ4n) is 5.58. The van der Waals surface area contributed by atoms with Gasteiger partial charge in [0.25, 0.3) is 0 Å². The molecule has 3 aromatic rings. The van der Waals surface area contributed by atoms with Crippen LogP contribution in [0.4, 0.5) is 0 Å². The van der Waals surface area contributed by atoms with E-state index in [0.717, 1.165) is 22.7 Å². The largest absolute Gasteiger partial charge is 0.456 e. The Hall–Kier alpha value is -3.83. The lowest BCUT2D eigenvalue weighted by Crippen LogP contribution is -2.63. The van der Waals surface area contributed by atoms with Gasteiger partial charge in [-0.25, -0.2) is 0 Å². The van der Waals surface area contributed by atoms with Crippen LogP contribution in [0.3, 0.4) is 0 Å². The summed E-state index contributed by atoms with van der Waals surface area (Å²) in [6, 6.07) is 30.2. The van der Waals surface area contributed by atoms with Crippen LogP contribution in [0.1, 0.15) is 37.5 Å². The standard InChI is InChI=1S/C36H44O9Si/c1-25(37)42-32-31(45-35(40-22-23-46(4,5)6)34(44-27(3)39)33(32)43-26(2)38)24-41-36(28-16-10-7-11-17-28,29-18-12-8-13-19-29)30-20-14-9-15-21-30/h7-21,31-35H,22-24H2,1-6H3/t31-,32+,33+,34-,35-/m1/s1. The van der Waals surface area contributed by atoms with Crippen molar-refractivity contribution in [2.24, 2.45) is 0 Å². The molecule has 0 unspecified atom stereocenters. The van der Waals surface area contributed by atoms with Gasteiger partial charge in [0, 0.05) is 35.5 Å². The Labute approximate surface area is 272 Å². The zero-order valence-electron chi connectivity index (χ0n) is 27.3. The molecule has 46 heavy (non-hydrogen) atoms. The number of carbonyl (C=O) groups is 3. The Morgan fingerprint density at radius 1 is 0.652 bits per heavy atom. The maximum Gasteiger partial charge on any atom is 0.303 e. The minimum absolute atomic E-state index is 0.116. The summed E-state index contributed by atoms with van der Waals surface area (Å²) < 4.78 is 36.8. The number of esters is 3. The van der Waals surface area contributed by atoms with E-state index in [-0.39, 0.29) is 6.61 Å². The van der Waals surface area contributed by atoms with Gasteiger partial charge >= 0.3 is 17.9 Å². The van der Waals surface area contributed by atoms with E-state index < -0.39 is 62.3 Å². The lowest BCUT2D eigenvalue weighted by Gasteiger charge is -2.45. The average molecular weight is 649 g/mol. The van der Waals surface area contributed by atoms with Crippen molar-refractivity contribution in [3.63, 3.8) is 0 Å². The molecule has 0 spiro atoms. The van der Waals surface area contributed by atoms with Gasteiger partial charge in [-0.2, -0.15) is 0 Å². The Kier molecular flexibility index (Phi) is 11.9. The molecule has 3 aromatic carbocycles. The minimum Gasteiger partial charge on any atom is -0.456 e. The molecule has 0 aliphatic carbocycles. The van der Waals surface area contributed by atoms with Crippen LogP contribution < -0.4 is 0 Å². The second kappa shape index (κ2) is 15.6. The van der Waals surface area contributed by atoms with Crippen LogP contribution in [0.5, 0.6) is 0 Å². The Morgan fingerprint density at radius 2 is 1.07 bits per heavy atom. The summed E-state index contributed by atoms with van der Waals surface area (Å²) >= 11 is 0. The molecule has 1 aliphatic rings. The van der Waals surface area contributed by atoms with Crippen molar-refractivity contribution in [2.45, 2.75) is 82.8 Å². The second-order valence-corrected chi connectivity index (χ2v) is 18.2. The van der Waals surface area contributed by atoms with Gasteiger partial charge in [-0.05, 0) is 22.7 Å². The molecular weight excluding hydrogens is 604 g/mol. The summed E-state index contributed by atoms with van der Waals surface area (Å²) in [6.07, 6.45) is -5.69. The Balaban J connectivity index is 1.80. The number of hydrogen-bond acceptors (Lipinski definition) is 9. The van der Waals surface area contributed by atoms with Crippen LogP contribution in [-0.4, -0.2) is 69.9 Å². The van der Waals surface area contributed by atoms with E-state index in [0.29, 0.717) is 6.61 Å². The Morgan fingerprint density at radius 3 is 1.48 bits per heavy atom. The lowest BCUT2D eigenvalue weighted by atomic mass is 9.80. The molecule has 1 saturated heterocycles. The van der Waals surface area contributed by atoms with Crippen LogP contribution in [0.2, 0.25) is 25.7 Å². The molecule has 5 atom stereocenters. The normalized spacial score (nSPS) is 21.7. The van der Waals surface area contributed by atoms with Crippen molar-refractivity contribution in [3.8, 4) is 0 Å². The summed E-state index contributed by atoms with van der Waals surface area (Å²) in [4.78, 5) is 37.1. The first-order valence-electron chi connectivity index (χ1n) is 15.5. The summed E-state index contributed by atoms with van der Waals surface area (Å²) in [5.41, 5.74) is 1.49. The third-order valence-electron chi connectivity index (χ3n) is 7.64. The highest BCUT2D eigenvalue weighted by molar-refractivity contribution is 6.76. The van der Waals surface area contributed by atoms with E-state index in [1.807, 2.05) is 91.0 Å². The average Bonchev–Trinajstić information content (AvgIpc) is 3.01. The molecule has 0 radical (unpaired) electrons. The van der Waals surface area contributed by atoms with Crippen molar-refractivity contribution in [1.82, 2.24) is 0 Å². The van der Waals surface area contributed by atoms with Gasteiger partial charge in [0.15, 0.2) is 24.6 Å². The predicted octanol–water partition coefficient (Wildman–Crippen LogP) is 5.87. The van der Waals surface area contributed by atoms with Crippen molar-refractivity contribution in [3.05, 3.63) is 108 Å². The molecule has 0 bridgehead atoms. The van der Waals surface area contributed by atoms with Gasteiger partial charge < -0.3 is 28.4 Å². The number of benzene rings is 3. The first-order chi connectivity index (χ1) is 21.9. The lowest BCUT2D eigenvalue weighted by molar-refractivity contribution is -0.310. The first kappa shape index (κ1) is 35.0. The summed E-state index contributed by atoms with van der Waals surface area (Å²) in [7, 11) is -1.51. The third kappa shape index (κ3) is 8.91. The monoisotopic (exact) mass is 648 g/mol. The zero-order valence-corrected chi connectivity index (χ0v) is 28.3.